The van der Waals surface area contributed by atoms with Gasteiger partial charge in [0, 0.05) is 29.6 Å². The second kappa shape index (κ2) is 8.66. The first-order chi connectivity index (χ1) is 7.43. The van der Waals surface area contributed by atoms with E-state index in [9.17, 15) is 9.32 Å². The van der Waals surface area contributed by atoms with E-state index in [-0.39, 0.29) is 11.8 Å². The Morgan fingerprint density at radius 2 is 2.12 bits per heavy atom. The van der Waals surface area contributed by atoms with E-state index >= 15 is 0 Å². The third-order valence-electron chi connectivity index (χ3n) is 2.21. The van der Waals surface area contributed by atoms with Crippen molar-refractivity contribution in [3.63, 3.8) is 0 Å². The zero-order valence-corrected chi connectivity index (χ0v) is 10.9. The van der Waals surface area contributed by atoms with Crippen LogP contribution in [0.2, 0.25) is 0 Å². The van der Waals surface area contributed by atoms with Crippen molar-refractivity contribution >= 4 is 16.6 Å². The van der Waals surface area contributed by atoms with Crippen LogP contribution in [0.3, 0.4) is 0 Å². The number of aliphatic hydroxyl groups excluding tert-OH is 1. The molecule has 3 atom stereocenters. The molecular weight excluding hydrogens is 226 g/mol. The maximum Gasteiger partial charge on any atom is 0.0905 e. The van der Waals surface area contributed by atoms with Crippen molar-refractivity contribution in [1.82, 2.24) is 0 Å². The van der Waals surface area contributed by atoms with Crippen LogP contribution in [-0.4, -0.2) is 45.9 Å². The number of amidine groups is 1. The molecule has 0 rings (SSSR count). The summed E-state index contributed by atoms with van der Waals surface area (Å²) in [6.45, 7) is 2.46. The fraction of sp³-hybridized carbons (Fsp3) is 0.900. The van der Waals surface area contributed by atoms with Crippen molar-refractivity contribution in [2.75, 3.05) is 18.6 Å². The lowest BCUT2D eigenvalue weighted by Gasteiger charge is -2.17. The molecule has 0 saturated carbocycles. The van der Waals surface area contributed by atoms with E-state index in [1.165, 1.54) is 0 Å². The summed E-state index contributed by atoms with van der Waals surface area (Å²) in [4.78, 5) is 4.06. The Morgan fingerprint density at radius 1 is 1.50 bits per heavy atom. The van der Waals surface area contributed by atoms with Gasteiger partial charge in [0.1, 0.15) is 0 Å². The average molecular weight is 249 g/mol. The molecule has 2 unspecified atom stereocenters. The van der Waals surface area contributed by atoms with Crippen molar-refractivity contribution in [1.29, 1.82) is 0 Å². The van der Waals surface area contributed by atoms with Gasteiger partial charge >= 0.3 is 0 Å². The van der Waals surface area contributed by atoms with Crippen molar-refractivity contribution in [3.8, 4) is 0 Å². The Balaban J connectivity index is 3.60. The van der Waals surface area contributed by atoms with Crippen molar-refractivity contribution in [3.05, 3.63) is 0 Å². The molecule has 0 saturated heterocycles. The minimum Gasteiger partial charge on any atom is -0.391 e. The Hall–Kier alpha value is -0.460. The van der Waals surface area contributed by atoms with Gasteiger partial charge in [0.25, 0.3) is 0 Å². The van der Waals surface area contributed by atoms with Gasteiger partial charge in [-0.3, -0.25) is 9.20 Å². The van der Waals surface area contributed by atoms with Gasteiger partial charge in [0.15, 0.2) is 0 Å². The summed E-state index contributed by atoms with van der Waals surface area (Å²) in [7, 11) is -1.000. The molecule has 0 spiro atoms. The second-order valence-corrected chi connectivity index (χ2v) is 5.47. The molecule has 0 aromatic rings. The molecule has 0 aliphatic carbocycles. The Kier molecular flexibility index (Phi) is 8.42. The molecule has 5 nitrogen and oxygen atoms in total. The number of aliphatic imine (C=N–C) groups is 1. The molecular formula is C10H23N3O2S. The minimum absolute atomic E-state index is 0.251. The summed E-state index contributed by atoms with van der Waals surface area (Å²) in [6, 6.07) is -0.299. The van der Waals surface area contributed by atoms with E-state index in [4.69, 9.17) is 11.5 Å². The highest BCUT2D eigenvalue weighted by atomic mass is 32.2. The van der Waals surface area contributed by atoms with Crippen LogP contribution in [0, 0.1) is 0 Å². The molecule has 0 aliphatic heterocycles. The number of unbranched alkanes of at least 4 members (excludes halogenated alkanes) is 1. The van der Waals surface area contributed by atoms with E-state index in [0.29, 0.717) is 12.4 Å². The lowest BCUT2D eigenvalue weighted by atomic mass is 10.1. The molecule has 6 heteroatoms. The number of nitrogens with two attached hydrogens (primary N) is 2. The number of hydrogen-bond acceptors (Lipinski definition) is 4. The average Bonchev–Trinajstić information content (AvgIpc) is 2.15. The highest BCUT2D eigenvalue weighted by Gasteiger charge is 2.15. The van der Waals surface area contributed by atoms with Crippen LogP contribution in [0.15, 0.2) is 4.99 Å². The molecule has 0 aromatic carbocycles. The van der Waals surface area contributed by atoms with Crippen LogP contribution in [0.25, 0.3) is 0 Å². The highest BCUT2D eigenvalue weighted by molar-refractivity contribution is 7.84. The lowest BCUT2D eigenvalue weighted by Crippen LogP contribution is -2.38. The van der Waals surface area contributed by atoms with Crippen LogP contribution >= 0.6 is 0 Å². The van der Waals surface area contributed by atoms with Crippen LogP contribution in [0.4, 0.5) is 0 Å². The van der Waals surface area contributed by atoms with Crippen molar-refractivity contribution in [2.45, 2.75) is 38.3 Å². The SMILES string of the molecule is CC(N)=NCCCC[C@H](N)C(O)CS(C)=O. The topological polar surface area (TPSA) is 102 Å². The Morgan fingerprint density at radius 3 is 2.62 bits per heavy atom. The summed E-state index contributed by atoms with van der Waals surface area (Å²) < 4.78 is 10.9. The Bertz CT molecular complexity index is 242. The summed E-state index contributed by atoms with van der Waals surface area (Å²) in [5, 5.41) is 9.57. The first kappa shape index (κ1) is 15.5. The standard InChI is InChI=1S/C10H23N3O2S/c1-8(11)13-6-4-3-5-9(12)10(14)7-16(2)15/h9-10,14H,3-7,12H2,1-2H3,(H2,11,13)/t9-,10?,16?/m0/s1. The van der Waals surface area contributed by atoms with Crippen molar-refractivity contribution < 1.29 is 9.32 Å². The molecule has 96 valence electrons. The third-order valence-corrected chi connectivity index (χ3v) is 3.02. The van der Waals surface area contributed by atoms with E-state index in [1.807, 2.05) is 0 Å². The fourth-order valence-corrected chi connectivity index (χ4v) is 2.03. The zero-order chi connectivity index (χ0) is 12.6. The van der Waals surface area contributed by atoms with Gasteiger partial charge in [-0.05, 0) is 26.2 Å². The molecule has 5 N–H and O–H groups in total. The van der Waals surface area contributed by atoms with E-state index in [0.717, 1.165) is 19.3 Å². The maximum absolute atomic E-state index is 10.9. The van der Waals surface area contributed by atoms with Gasteiger partial charge in [0.2, 0.25) is 0 Å². The second-order valence-electron chi connectivity index (χ2n) is 3.99. The lowest BCUT2D eigenvalue weighted by molar-refractivity contribution is 0.161. The molecule has 0 amide bonds. The van der Waals surface area contributed by atoms with E-state index < -0.39 is 16.9 Å². The molecule has 0 aromatic heterocycles. The van der Waals surface area contributed by atoms with Gasteiger partial charge in [0.05, 0.1) is 17.7 Å². The van der Waals surface area contributed by atoms with Crippen LogP contribution < -0.4 is 11.5 Å². The Labute approximate surface area is 99.8 Å². The molecule has 0 aliphatic rings. The summed E-state index contributed by atoms with van der Waals surface area (Å²) in [6.07, 6.45) is 3.41. The first-order valence-electron chi connectivity index (χ1n) is 5.43. The van der Waals surface area contributed by atoms with Gasteiger partial charge in [-0.25, -0.2) is 0 Å². The largest absolute Gasteiger partial charge is 0.391 e. The third kappa shape index (κ3) is 8.82. The quantitative estimate of drug-likeness (QED) is 0.309. The summed E-state index contributed by atoms with van der Waals surface area (Å²) >= 11 is 0. The number of nitrogens with zero attached hydrogens (tertiary/aromatic N) is 1. The van der Waals surface area contributed by atoms with Gasteiger partial charge < -0.3 is 16.6 Å². The van der Waals surface area contributed by atoms with Crippen molar-refractivity contribution in [2.24, 2.45) is 16.5 Å². The van der Waals surface area contributed by atoms with E-state index in [2.05, 4.69) is 4.99 Å². The molecule has 0 radical (unpaired) electrons. The maximum atomic E-state index is 10.9. The van der Waals surface area contributed by atoms with Crippen LogP contribution in [0.5, 0.6) is 0 Å². The fourth-order valence-electron chi connectivity index (χ4n) is 1.30. The summed E-state index contributed by atoms with van der Waals surface area (Å²) in [5.41, 5.74) is 11.2. The molecule has 0 heterocycles. The van der Waals surface area contributed by atoms with Gasteiger partial charge in [-0.1, -0.05) is 0 Å². The minimum atomic E-state index is -1.000. The predicted molar refractivity (Wildman–Crippen MR) is 68.9 cm³/mol. The predicted octanol–water partition coefficient (Wildman–Crippen LogP) is -0.399. The summed E-state index contributed by atoms with van der Waals surface area (Å²) in [5.74, 6) is 0.840. The van der Waals surface area contributed by atoms with Gasteiger partial charge in [-0.15, -0.1) is 0 Å². The zero-order valence-electron chi connectivity index (χ0n) is 10.1. The molecule has 0 fully saturated rings. The molecule has 0 bridgehead atoms. The monoisotopic (exact) mass is 249 g/mol. The first-order valence-corrected chi connectivity index (χ1v) is 7.16. The van der Waals surface area contributed by atoms with Crippen LogP contribution in [0.1, 0.15) is 26.2 Å². The van der Waals surface area contributed by atoms with Crippen LogP contribution in [-0.2, 0) is 10.8 Å². The molecule has 16 heavy (non-hydrogen) atoms. The normalized spacial score (nSPS) is 18.1. The van der Waals surface area contributed by atoms with Gasteiger partial charge in [-0.2, -0.15) is 0 Å². The van der Waals surface area contributed by atoms with E-state index in [1.54, 1.807) is 13.2 Å². The number of rotatable bonds is 8. The number of hydrogen-bond donors (Lipinski definition) is 3. The smallest absolute Gasteiger partial charge is 0.0905 e. The highest BCUT2D eigenvalue weighted by Crippen LogP contribution is 2.04. The number of aliphatic hydroxyl groups is 1.